The third-order valence-corrected chi connectivity index (χ3v) is 3.64. The summed E-state index contributed by atoms with van der Waals surface area (Å²) < 4.78 is 0. The van der Waals surface area contributed by atoms with Crippen molar-refractivity contribution < 1.29 is 4.79 Å². The molecular formula is C16H21NO. The zero-order valence-corrected chi connectivity index (χ0v) is 11.4. The predicted octanol–water partition coefficient (Wildman–Crippen LogP) is 3.04. The predicted molar refractivity (Wildman–Crippen MR) is 74.3 cm³/mol. The van der Waals surface area contributed by atoms with E-state index in [2.05, 4.69) is 43.0 Å². The fourth-order valence-corrected chi connectivity index (χ4v) is 2.63. The molecule has 1 unspecified atom stereocenters. The maximum Gasteiger partial charge on any atom is 0.138 e. The number of benzene rings is 1. The van der Waals surface area contributed by atoms with Gasteiger partial charge in [-0.15, -0.1) is 0 Å². The average molecular weight is 243 g/mol. The van der Waals surface area contributed by atoms with Crippen LogP contribution < -0.4 is 0 Å². The summed E-state index contributed by atoms with van der Waals surface area (Å²) in [6.45, 7) is 8.65. The van der Waals surface area contributed by atoms with Crippen LogP contribution in [-0.4, -0.2) is 23.8 Å². The highest BCUT2D eigenvalue weighted by Gasteiger charge is 2.30. The number of likely N-dealkylation sites (tertiary alicyclic amines) is 1. The van der Waals surface area contributed by atoms with Crippen molar-refractivity contribution in [1.29, 1.82) is 0 Å². The molecule has 1 aromatic carbocycles. The number of carbonyl (C=O) groups is 1. The molecule has 0 amide bonds. The van der Waals surface area contributed by atoms with E-state index in [4.69, 9.17) is 0 Å². The second kappa shape index (κ2) is 5.49. The lowest BCUT2D eigenvalue weighted by Crippen LogP contribution is -2.21. The molecule has 0 aliphatic carbocycles. The summed E-state index contributed by atoms with van der Waals surface area (Å²) in [5, 5.41) is 0. The molecule has 0 N–H and O–H groups in total. The molecule has 96 valence electrons. The zero-order chi connectivity index (χ0) is 13.1. The van der Waals surface area contributed by atoms with Gasteiger partial charge in [0.25, 0.3) is 0 Å². The molecule has 2 nitrogen and oxygen atoms in total. The van der Waals surface area contributed by atoms with Gasteiger partial charge in [0.05, 0.1) is 5.92 Å². The first-order valence-electron chi connectivity index (χ1n) is 6.51. The van der Waals surface area contributed by atoms with Crippen LogP contribution in [0.5, 0.6) is 0 Å². The van der Waals surface area contributed by atoms with Crippen LogP contribution in [0.15, 0.2) is 41.5 Å². The van der Waals surface area contributed by atoms with Gasteiger partial charge in [-0.3, -0.25) is 9.69 Å². The molecule has 2 rings (SSSR count). The Morgan fingerprint density at radius 3 is 2.39 bits per heavy atom. The third kappa shape index (κ3) is 2.88. The largest absolute Gasteiger partial charge is 0.299 e. The van der Waals surface area contributed by atoms with E-state index in [1.807, 2.05) is 6.07 Å². The van der Waals surface area contributed by atoms with E-state index in [-0.39, 0.29) is 5.92 Å². The summed E-state index contributed by atoms with van der Waals surface area (Å²) in [6.07, 6.45) is 0. The van der Waals surface area contributed by atoms with Crippen LogP contribution in [0.3, 0.4) is 0 Å². The van der Waals surface area contributed by atoms with Gasteiger partial charge in [0.15, 0.2) is 0 Å². The van der Waals surface area contributed by atoms with Gasteiger partial charge >= 0.3 is 0 Å². The minimum atomic E-state index is 0.110. The molecule has 1 aromatic rings. The molecule has 1 heterocycles. The van der Waals surface area contributed by atoms with E-state index < -0.39 is 0 Å². The van der Waals surface area contributed by atoms with Gasteiger partial charge in [-0.25, -0.2) is 0 Å². The van der Waals surface area contributed by atoms with Crippen molar-refractivity contribution in [3.05, 3.63) is 47.0 Å². The van der Waals surface area contributed by atoms with E-state index in [0.717, 1.165) is 19.6 Å². The normalized spacial score (nSPS) is 20.2. The smallest absolute Gasteiger partial charge is 0.138 e. The minimum absolute atomic E-state index is 0.110. The Morgan fingerprint density at radius 2 is 1.89 bits per heavy atom. The highest BCUT2D eigenvalue weighted by atomic mass is 16.1. The summed E-state index contributed by atoms with van der Waals surface area (Å²) in [5.74, 6) is 0.403. The maximum atomic E-state index is 11.7. The Bertz CT molecular complexity index is 457. The first-order chi connectivity index (χ1) is 8.58. The molecule has 0 bridgehead atoms. The Hall–Kier alpha value is -1.41. The highest BCUT2D eigenvalue weighted by molar-refractivity contribution is 5.82. The fraction of sp³-hybridized carbons (Fsp3) is 0.438. The topological polar surface area (TPSA) is 20.3 Å². The second-order valence-electron chi connectivity index (χ2n) is 5.34. The fourth-order valence-electron chi connectivity index (χ4n) is 2.63. The lowest BCUT2D eigenvalue weighted by molar-refractivity contribution is -0.119. The molecule has 1 fully saturated rings. The molecule has 1 aliphatic rings. The number of Topliss-reactive ketones (excluding diaryl/α,β-unsaturated/α-hetero) is 1. The van der Waals surface area contributed by atoms with Crippen LogP contribution in [0.4, 0.5) is 0 Å². The Balaban J connectivity index is 2.10. The van der Waals surface area contributed by atoms with Crippen molar-refractivity contribution in [3.63, 3.8) is 0 Å². The number of allylic oxidation sites excluding steroid dienone is 1. The lowest BCUT2D eigenvalue weighted by Gasteiger charge is -2.14. The monoisotopic (exact) mass is 243 g/mol. The highest BCUT2D eigenvalue weighted by Crippen LogP contribution is 2.27. The van der Waals surface area contributed by atoms with Gasteiger partial charge in [0.2, 0.25) is 0 Å². The molecular weight excluding hydrogens is 222 g/mol. The summed E-state index contributed by atoms with van der Waals surface area (Å²) in [6, 6.07) is 10.4. The van der Waals surface area contributed by atoms with E-state index >= 15 is 0 Å². The van der Waals surface area contributed by atoms with Crippen molar-refractivity contribution >= 4 is 5.78 Å². The number of carbonyl (C=O) groups excluding carboxylic acids is 1. The second-order valence-corrected chi connectivity index (χ2v) is 5.34. The van der Waals surface area contributed by atoms with Crippen LogP contribution in [0.1, 0.15) is 26.3 Å². The van der Waals surface area contributed by atoms with Gasteiger partial charge < -0.3 is 0 Å². The molecule has 0 aromatic heterocycles. The van der Waals surface area contributed by atoms with Crippen LogP contribution in [-0.2, 0) is 11.3 Å². The van der Waals surface area contributed by atoms with Gasteiger partial charge in [-0.1, -0.05) is 35.9 Å². The summed E-state index contributed by atoms with van der Waals surface area (Å²) in [4.78, 5) is 14.1. The van der Waals surface area contributed by atoms with Crippen LogP contribution in [0.2, 0.25) is 0 Å². The van der Waals surface area contributed by atoms with Crippen LogP contribution in [0.25, 0.3) is 0 Å². The zero-order valence-electron chi connectivity index (χ0n) is 11.4. The van der Waals surface area contributed by atoms with E-state index in [1.54, 1.807) is 6.92 Å². The van der Waals surface area contributed by atoms with E-state index in [9.17, 15) is 4.79 Å². The molecule has 1 atom stereocenters. The quantitative estimate of drug-likeness (QED) is 0.760. The number of nitrogens with zero attached hydrogens (tertiary/aromatic N) is 1. The number of rotatable bonds is 3. The van der Waals surface area contributed by atoms with Gasteiger partial charge in [0.1, 0.15) is 5.78 Å². The van der Waals surface area contributed by atoms with Gasteiger partial charge in [0, 0.05) is 19.6 Å². The minimum Gasteiger partial charge on any atom is -0.299 e. The summed E-state index contributed by atoms with van der Waals surface area (Å²) in [7, 11) is 0. The van der Waals surface area contributed by atoms with Gasteiger partial charge in [-0.2, -0.15) is 0 Å². The van der Waals surface area contributed by atoms with Crippen LogP contribution >= 0.6 is 0 Å². The molecule has 18 heavy (non-hydrogen) atoms. The van der Waals surface area contributed by atoms with Crippen molar-refractivity contribution in [3.8, 4) is 0 Å². The molecule has 0 radical (unpaired) electrons. The molecule has 2 heteroatoms. The maximum absolute atomic E-state index is 11.7. The molecule has 0 spiro atoms. The summed E-state index contributed by atoms with van der Waals surface area (Å²) >= 11 is 0. The molecule has 1 saturated heterocycles. The summed E-state index contributed by atoms with van der Waals surface area (Å²) in [5.41, 5.74) is 3.93. The Kier molecular flexibility index (Phi) is 3.97. The Morgan fingerprint density at radius 1 is 1.22 bits per heavy atom. The number of hydrogen-bond acceptors (Lipinski definition) is 2. The SMILES string of the molecule is CC(=O)C1CN(Cc2ccccc2)CC1=C(C)C. The number of hydrogen-bond donors (Lipinski definition) is 0. The van der Waals surface area contributed by atoms with Crippen LogP contribution in [0, 0.1) is 5.92 Å². The lowest BCUT2D eigenvalue weighted by atomic mass is 9.95. The van der Waals surface area contributed by atoms with Crippen molar-refractivity contribution in [1.82, 2.24) is 4.90 Å². The van der Waals surface area contributed by atoms with Crippen molar-refractivity contribution in [2.75, 3.05) is 13.1 Å². The van der Waals surface area contributed by atoms with Crippen molar-refractivity contribution in [2.45, 2.75) is 27.3 Å². The third-order valence-electron chi connectivity index (χ3n) is 3.64. The van der Waals surface area contributed by atoms with Crippen molar-refractivity contribution in [2.24, 2.45) is 5.92 Å². The molecule has 0 saturated carbocycles. The van der Waals surface area contributed by atoms with E-state index in [0.29, 0.717) is 5.78 Å². The molecule has 1 aliphatic heterocycles. The first kappa shape index (κ1) is 13.0. The first-order valence-corrected chi connectivity index (χ1v) is 6.51. The van der Waals surface area contributed by atoms with E-state index in [1.165, 1.54) is 16.7 Å². The number of ketones is 1. The standard InChI is InChI=1S/C16H21NO/c1-12(2)15-10-17(11-16(15)13(3)18)9-14-7-5-4-6-8-14/h4-8,16H,9-11H2,1-3H3. The van der Waals surface area contributed by atoms with Gasteiger partial charge in [-0.05, 0) is 31.9 Å². The Labute approximate surface area is 109 Å². The average Bonchev–Trinajstić information content (AvgIpc) is 2.74.